The van der Waals surface area contributed by atoms with Gasteiger partial charge in [-0.25, -0.2) is 9.78 Å². The Kier molecular flexibility index (Phi) is 4.22. The summed E-state index contributed by atoms with van der Waals surface area (Å²) in [6.07, 6.45) is 2.96. The molecule has 7 nitrogen and oxygen atoms in total. The third kappa shape index (κ3) is 3.59. The zero-order valence-corrected chi connectivity index (χ0v) is 11.4. The molecule has 1 aromatic heterocycles. The normalized spacial score (nSPS) is 11.9. The highest BCUT2D eigenvalue weighted by atomic mass is 16.4. The van der Waals surface area contributed by atoms with Gasteiger partial charge in [-0.2, -0.15) is 0 Å². The highest BCUT2D eigenvalue weighted by Crippen LogP contribution is 2.11. The molecule has 1 aromatic carbocycles. The number of amides is 1. The summed E-state index contributed by atoms with van der Waals surface area (Å²) in [7, 11) is 1.65. The number of hydrogen-bond donors (Lipinski definition) is 3. The third-order valence-corrected chi connectivity index (χ3v) is 3.03. The Bertz CT molecular complexity index is 648. The van der Waals surface area contributed by atoms with Crippen LogP contribution in [0.2, 0.25) is 0 Å². The average molecular weight is 289 g/mol. The second-order valence-corrected chi connectivity index (χ2v) is 4.62. The molecule has 1 atom stereocenters. The first-order valence-corrected chi connectivity index (χ1v) is 6.25. The Morgan fingerprint density at radius 1 is 1.33 bits per heavy atom. The molecule has 21 heavy (non-hydrogen) atoms. The van der Waals surface area contributed by atoms with Crippen LogP contribution in [0.25, 0.3) is 0 Å². The average Bonchev–Trinajstić information content (AvgIpc) is 2.86. The second kappa shape index (κ2) is 6.08. The summed E-state index contributed by atoms with van der Waals surface area (Å²) in [6.45, 7) is 0. The summed E-state index contributed by atoms with van der Waals surface area (Å²) >= 11 is 0. The zero-order chi connectivity index (χ0) is 15.4. The van der Waals surface area contributed by atoms with E-state index in [0.717, 1.165) is 0 Å². The van der Waals surface area contributed by atoms with E-state index in [4.69, 9.17) is 0 Å². The smallest absolute Gasteiger partial charge is 0.326 e. The summed E-state index contributed by atoms with van der Waals surface area (Å²) in [6, 6.07) is 5.11. The quantitative estimate of drug-likeness (QED) is 0.745. The van der Waals surface area contributed by atoms with Gasteiger partial charge in [-0.3, -0.25) is 4.79 Å². The summed E-state index contributed by atoms with van der Waals surface area (Å²) in [5.74, 6) is -1.52. The lowest BCUT2D eigenvalue weighted by Gasteiger charge is -2.14. The highest BCUT2D eigenvalue weighted by Gasteiger charge is 2.22. The first-order valence-electron chi connectivity index (χ1n) is 6.25. The van der Waals surface area contributed by atoms with Gasteiger partial charge < -0.3 is 20.1 Å². The van der Waals surface area contributed by atoms with Crippen molar-refractivity contribution in [1.29, 1.82) is 0 Å². The van der Waals surface area contributed by atoms with E-state index in [9.17, 15) is 19.8 Å². The summed E-state index contributed by atoms with van der Waals surface area (Å²) in [5, 5.41) is 20.9. The predicted octanol–water partition coefficient (Wildman–Crippen LogP) is 0.551. The maximum atomic E-state index is 12.0. The summed E-state index contributed by atoms with van der Waals surface area (Å²) in [5.41, 5.74) is 0.984. The lowest BCUT2D eigenvalue weighted by atomic mass is 10.1. The molecule has 7 heteroatoms. The monoisotopic (exact) mass is 289 g/mol. The van der Waals surface area contributed by atoms with Gasteiger partial charge in [-0.15, -0.1) is 0 Å². The minimum Gasteiger partial charge on any atom is -0.508 e. The van der Waals surface area contributed by atoms with E-state index in [1.807, 2.05) is 0 Å². The molecule has 0 bridgehead atoms. The molecular formula is C14H15N3O4. The van der Waals surface area contributed by atoms with Crippen LogP contribution in [-0.4, -0.2) is 37.7 Å². The number of hydrogen-bond acceptors (Lipinski definition) is 4. The zero-order valence-electron chi connectivity index (χ0n) is 11.4. The Labute approximate surface area is 120 Å². The van der Waals surface area contributed by atoms with Crippen LogP contribution < -0.4 is 5.32 Å². The van der Waals surface area contributed by atoms with Crippen LogP contribution in [0.4, 0.5) is 0 Å². The number of aromatic nitrogens is 2. The van der Waals surface area contributed by atoms with E-state index in [2.05, 4.69) is 10.3 Å². The maximum absolute atomic E-state index is 12.0. The number of nitrogens with one attached hydrogen (secondary N) is 1. The summed E-state index contributed by atoms with van der Waals surface area (Å²) < 4.78 is 1.51. The molecule has 1 heterocycles. The number of aromatic hydroxyl groups is 1. The number of aryl methyl sites for hydroxylation is 1. The largest absolute Gasteiger partial charge is 0.508 e. The SMILES string of the molecule is Cn1cncc1C(=O)N[C@H](Cc1ccc(O)cc1)C(=O)O. The van der Waals surface area contributed by atoms with Gasteiger partial charge >= 0.3 is 5.97 Å². The van der Waals surface area contributed by atoms with Gasteiger partial charge in [0.1, 0.15) is 17.5 Å². The number of benzene rings is 1. The van der Waals surface area contributed by atoms with Crippen LogP contribution in [0.15, 0.2) is 36.8 Å². The van der Waals surface area contributed by atoms with Crippen LogP contribution in [0.5, 0.6) is 5.75 Å². The molecule has 2 rings (SSSR count). The standard InChI is InChI=1S/C14H15N3O4/c1-17-8-15-7-12(17)13(19)16-11(14(20)21)6-9-2-4-10(18)5-3-9/h2-5,7-8,11,18H,6H2,1H3,(H,16,19)(H,20,21)/t11-/m1/s1. The molecule has 0 aliphatic rings. The number of nitrogens with zero attached hydrogens (tertiary/aromatic N) is 2. The second-order valence-electron chi connectivity index (χ2n) is 4.62. The van der Waals surface area contributed by atoms with Crippen LogP contribution in [0.3, 0.4) is 0 Å². The van der Waals surface area contributed by atoms with Gasteiger partial charge in [0.15, 0.2) is 0 Å². The van der Waals surface area contributed by atoms with Crippen molar-refractivity contribution in [3.63, 3.8) is 0 Å². The Morgan fingerprint density at radius 3 is 2.52 bits per heavy atom. The van der Waals surface area contributed by atoms with E-state index in [1.165, 1.54) is 29.2 Å². The first kappa shape index (κ1) is 14.6. The van der Waals surface area contributed by atoms with Crippen LogP contribution in [0, 0.1) is 0 Å². The fourth-order valence-corrected chi connectivity index (χ4v) is 1.88. The molecule has 0 fully saturated rings. The van der Waals surface area contributed by atoms with Crippen molar-refractivity contribution in [2.45, 2.75) is 12.5 Å². The molecule has 0 aliphatic heterocycles. The van der Waals surface area contributed by atoms with Gasteiger partial charge in [0.2, 0.25) is 0 Å². The number of aliphatic carboxylic acids is 1. The van der Waals surface area contributed by atoms with Crippen molar-refractivity contribution >= 4 is 11.9 Å². The maximum Gasteiger partial charge on any atom is 0.326 e. The van der Waals surface area contributed by atoms with Crippen molar-refractivity contribution in [1.82, 2.24) is 14.9 Å². The number of carbonyl (C=O) groups is 2. The van der Waals surface area contributed by atoms with Gasteiger partial charge in [0.05, 0.1) is 12.5 Å². The number of rotatable bonds is 5. The molecular weight excluding hydrogens is 274 g/mol. The van der Waals surface area contributed by atoms with E-state index < -0.39 is 17.9 Å². The fourth-order valence-electron chi connectivity index (χ4n) is 1.88. The van der Waals surface area contributed by atoms with Gasteiger partial charge in [-0.1, -0.05) is 12.1 Å². The van der Waals surface area contributed by atoms with Crippen LogP contribution >= 0.6 is 0 Å². The van der Waals surface area contributed by atoms with Crippen LogP contribution in [-0.2, 0) is 18.3 Å². The first-order chi connectivity index (χ1) is 9.97. The van der Waals surface area contributed by atoms with E-state index in [0.29, 0.717) is 5.56 Å². The van der Waals surface area contributed by atoms with Gasteiger partial charge in [-0.05, 0) is 17.7 Å². The molecule has 0 spiro atoms. The van der Waals surface area contributed by atoms with Crippen molar-refractivity contribution in [3.05, 3.63) is 48.0 Å². The highest BCUT2D eigenvalue weighted by molar-refractivity contribution is 5.95. The topological polar surface area (TPSA) is 104 Å². The van der Waals surface area contributed by atoms with E-state index in [-0.39, 0.29) is 17.9 Å². The third-order valence-electron chi connectivity index (χ3n) is 3.03. The van der Waals surface area contributed by atoms with Gasteiger partial charge in [0.25, 0.3) is 5.91 Å². The fraction of sp³-hybridized carbons (Fsp3) is 0.214. The molecule has 0 aliphatic carbocycles. The van der Waals surface area contributed by atoms with E-state index >= 15 is 0 Å². The molecule has 0 saturated carbocycles. The van der Waals surface area contributed by atoms with Crippen molar-refractivity contribution < 1.29 is 19.8 Å². The minimum atomic E-state index is -1.13. The Balaban J connectivity index is 2.09. The number of carboxylic acid groups (broad SMARTS) is 1. The Hall–Kier alpha value is -2.83. The summed E-state index contributed by atoms with van der Waals surface area (Å²) in [4.78, 5) is 27.1. The van der Waals surface area contributed by atoms with Crippen LogP contribution in [0.1, 0.15) is 16.1 Å². The number of phenols is 1. The van der Waals surface area contributed by atoms with Gasteiger partial charge in [0, 0.05) is 13.5 Å². The Morgan fingerprint density at radius 2 is 2.00 bits per heavy atom. The molecule has 1 amide bonds. The molecule has 3 N–H and O–H groups in total. The lowest BCUT2D eigenvalue weighted by Crippen LogP contribution is -2.42. The molecule has 110 valence electrons. The van der Waals surface area contributed by atoms with Crippen molar-refractivity contribution in [3.8, 4) is 5.75 Å². The number of phenolic OH excluding ortho intramolecular Hbond substituents is 1. The minimum absolute atomic E-state index is 0.101. The number of carboxylic acids is 1. The lowest BCUT2D eigenvalue weighted by molar-refractivity contribution is -0.139. The molecule has 2 aromatic rings. The molecule has 0 unspecified atom stereocenters. The van der Waals surface area contributed by atoms with Crippen molar-refractivity contribution in [2.75, 3.05) is 0 Å². The molecule has 0 radical (unpaired) electrons. The molecule has 0 saturated heterocycles. The number of imidazole rings is 1. The van der Waals surface area contributed by atoms with Crippen molar-refractivity contribution in [2.24, 2.45) is 7.05 Å². The van der Waals surface area contributed by atoms with E-state index in [1.54, 1.807) is 19.2 Å². The predicted molar refractivity (Wildman–Crippen MR) is 73.9 cm³/mol. The number of carbonyl (C=O) groups excluding carboxylic acids is 1.